The smallest absolute Gasteiger partial charge is 0.318 e. The number of hydrogen-bond acceptors (Lipinski definition) is 7. The first kappa shape index (κ1) is 19.4. The normalized spacial score (nSPS) is 20.6. The zero-order valence-corrected chi connectivity index (χ0v) is 17.0. The van der Waals surface area contributed by atoms with Crippen LogP contribution in [0.15, 0.2) is 24.3 Å². The van der Waals surface area contributed by atoms with Gasteiger partial charge in [0.15, 0.2) is 5.82 Å². The first-order valence-corrected chi connectivity index (χ1v) is 10.0. The Bertz CT molecular complexity index is 860. The maximum Gasteiger partial charge on any atom is 0.318 e. The lowest BCUT2D eigenvalue weighted by molar-refractivity contribution is 0.0299. The SMILES string of the molecule is CNC(=O)Nc1ccc(-c2nc(NC(C)C)nc(N3CC4CCC(C3)O4)n2)cc1. The van der Waals surface area contributed by atoms with Crippen LogP contribution >= 0.6 is 0 Å². The van der Waals surface area contributed by atoms with Crippen molar-refractivity contribution in [3.05, 3.63) is 24.3 Å². The van der Waals surface area contributed by atoms with Gasteiger partial charge in [-0.2, -0.15) is 15.0 Å². The van der Waals surface area contributed by atoms with E-state index in [4.69, 9.17) is 9.72 Å². The van der Waals surface area contributed by atoms with Gasteiger partial charge in [-0.1, -0.05) is 0 Å². The van der Waals surface area contributed by atoms with Crippen LogP contribution < -0.4 is 20.9 Å². The molecule has 154 valence electrons. The van der Waals surface area contributed by atoms with Crippen LogP contribution in [0.25, 0.3) is 11.4 Å². The number of anilines is 3. The Hall–Kier alpha value is -2.94. The molecule has 2 unspecified atom stereocenters. The van der Waals surface area contributed by atoms with Gasteiger partial charge >= 0.3 is 6.03 Å². The zero-order valence-electron chi connectivity index (χ0n) is 17.0. The number of rotatable bonds is 5. The maximum absolute atomic E-state index is 11.5. The lowest BCUT2D eigenvalue weighted by atomic mass is 10.2. The van der Waals surface area contributed by atoms with Crippen molar-refractivity contribution in [2.45, 2.75) is 44.9 Å². The lowest BCUT2D eigenvalue weighted by Gasteiger charge is -2.32. The molecule has 1 aromatic heterocycles. The standard InChI is InChI=1S/C20H27N7O2/c1-12(2)22-18-24-17(13-4-6-14(7-5-13)23-20(28)21-3)25-19(26-18)27-10-15-8-9-16(11-27)29-15/h4-7,12,15-16H,8-11H2,1-3H3,(H2,21,23,28)(H,22,24,25,26). The van der Waals surface area contributed by atoms with Crippen LogP contribution in [-0.4, -0.2) is 59.4 Å². The summed E-state index contributed by atoms with van der Waals surface area (Å²) in [6.07, 6.45) is 2.70. The van der Waals surface area contributed by atoms with Gasteiger partial charge in [0.1, 0.15) is 0 Å². The molecule has 2 atom stereocenters. The number of carbonyl (C=O) groups excluding carboxylic acids is 1. The van der Waals surface area contributed by atoms with Crippen LogP contribution in [0.5, 0.6) is 0 Å². The highest BCUT2D eigenvalue weighted by atomic mass is 16.5. The van der Waals surface area contributed by atoms with Crippen molar-refractivity contribution in [3.8, 4) is 11.4 Å². The Labute approximate surface area is 170 Å². The molecule has 2 saturated heterocycles. The van der Waals surface area contributed by atoms with Gasteiger partial charge in [-0.05, 0) is 51.0 Å². The van der Waals surface area contributed by atoms with Crippen LogP contribution in [0.2, 0.25) is 0 Å². The van der Waals surface area contributed by atoms with E-state index in [1.165, 1.54) is 0 Å². The van der Waals surface area contributed by atoms with Gasteiger partial charge in [0.2, 0.25) is 11.9 Å². The number of urea groups is 1. The van der Waals surface area contributed by atoms with E-state index in [1.54, 1.807) is 7.05 Å². The van der Waals surface area contributed by atoms with Crippen molar-refractivity contribution in [1.29, 1.82) is 0 Å². The average molecular weight is 397 g/mol. The van der Waals surface area contributed by atoms with Crippen molar-refractivity contribution < 1.29 is 9.53 Å². The van der Waals surface area contributed by atoms with E-state index in [-0.39, 0.29) is 24.3 Å². The molecule has 3 heterocycles. The quantitative estimate of drug-likeness (QED) is 0.712. The summed E-state index contributed by atoms with van der Waals surface area (Å²) < 4.78 is 5.94. The van der Waals surface area contributed by atoms with Gasteiger partial charge in [0.05, 0.1) is 12.2 Å². The van der Waals surface area contributed by atoms with Gasteiger partial charge < -0.3 is 25.6 Å². The summed E-state index contributed by atoms with van der Waals surface area (Å²) in [5.41, 5.74) is 1.56. The fourth-order valence-electron chi connectivity index (χ4n) is 3.63. The van der Waals surface area contributed by atoms with Crippen molar-refractivity contribution in [3.63, 3.8) is 0 Å². The fraction of sp³-hybridized carbons (Fsp3) is 0.500. The molecule has 29 heavy (non-hydrogen) atoms. The highest BCUT2D eigenvalue weighted by Gasteiger charge is 2.35. The zero-order chi connectivity index (χ0) is 20.4. The summed E-state index contributed by atoms with van der Waals surface area (Å²) in [4.78, 5) is 27.7. The molecule has 9 heteroatoms. The molecule has 0 saturated carbocycles. The number of nitrogens with one attached hydrogen (secondary N) is 3. The number of carbonyl (C=O) groups is 1. The number of aromatic nitrogens is 3. The largest absolute Gasteiger partial charge is 0.371 e. The van der Waals surface area contributed by atoms with Crippen LogP contribution in [0.3, 0.4) is 0 Å². The monoisotopic (exact) mass is 397 g/mol. The van der Waals surface area contributed by atoms with E-state index in [0.29, 0.717) is 23.4 Å². The second kappa shape index (κ2) is 8.20. The molecule has 4 rings (SSSR count). The molecule has 3 N–H and O–H groups in total. The molecule has 9 nitrogen and oxygen atoms in total. The number of ether oxygens (including phenoxy) is 1. The maximum atomic E-state index is 11.5. The summed E-state index contributed by atoms with van der Waals surface area (Å²) in [5.74, 6) is 1.83. The molecule has 0 aliphatic carbocycles. The third-order valence-corrected chi connectivity index (χ3v) is 5.00. The van der Waals surface area contributed by atoms with Crippen molar-refractivity contribution in [2.24, 2.45) is 0 Å². The van der Waals surface area contributed by atoms with Gasteiger partial charge in [0.25, 0.3) is 0 Å². The molecular weight excluding hydrogens is 370 g/mol. The number of morpholine rings is 1. The van der Waals surface area contributed by atoms with E-state index < -0.39 is 0 Å². The molecule has 0 spiro atoms. The second-order valence-electron chi connectivity index (χ2n) is 7.73. The molecule has 2 aliphatic heterocycles. The Kier molecular flexibility index (Phi) is 5.48. The van der Waals surface area contributed by atoms with Gasteiger partial charge in [0, 0.05) is 37.4 Å². The van der Waals surface area contributed by atoms with E-state index in [1.807, 2.05) is 24.3 Å². The first-order valence-electron chi connectivity index (χ1n) is 10.0. The van der Waals surface area contributed by atoms with E-state index in [2.05, 4.69) is 44.7 Å². The third-order valence-electron chi connectivity index (χ3n) is 5.00. The van der Waals surface area contributed by atoms with Crippen molar-refractivity contribution in [2.75, 3.05) is 35.7 Å². The van der Waals surface area contributed by atoms with Gasteiger partial charge in [-0.3, -0.25) is 0 Å². The Morgan fingerprint density at radius 2 is 1.79 bits per heavy atom. The average Bonchev–Trinajstić information content (AvgIpc) is 3.05. The Balaban J connectivity index is 1.62. The summed E-state index contributed by atoms with van der Waals surface area (Å²) in [7, 11) is 1.58. The number of nitrogens with zero attached hydrogens (tertiary/aromatic N) is 4. The molecule has 1 aromatic carbocycles. The highest BCUT2D eigenvalue weighted by molar-refractivity contribution is 5.89. The highest BCUT2D eigenvalue weighted by Crippen LogP contribution is 2.29. The topological polar surface area (TPSA) is 104 Å². The second-order valence-corrected chi connectivity index (χ2v) is 7.73. The van der Waals surface area contributed by atoms with E-state index in [9.17, 15) is 4.79 Å². The predicted molar refractivity (Wildman–Crippen MR) is 112 cm³/mol. The van der Waals surface area contributed by atoms with Crippen LogP contribution in [0.1, 0.15) is 26.7 Å². The third kappa shape index (κ3) is 4.56. The van der Waals surface area contributed by atoms with Crippen LogP contribution in [-0.2, 0) is 4.74 Å². The van der Waals surface area contributed by atoms with Crippen molar-refractivity contribution in [1.82, 2.24) is 20.3 Å². The minimum absolute atomic E-state index is 0.207. The van der Waals surface area contributed by atoms with Crippen LogP contribution in [0, 0.1) is 0 Å². The summed E-state index contributed by atoms with van der Waals surface area (Å²) >= 11 is 0. The summed E-state index contributed by atoms with van der Waals surface area (Å²) in [6.45, 7) is 5.71. The Morgan fingerprint density at radius 1 is 1.10 bits per heavy atom. The number of fused-ring (bicyclic) bond motifs is 2. The fourth-order valence-corrected chi connectivity index (χ4v) is 3.63. The minimum Gasteiger partial charge on any atom is -0.371 e. The van der Waals surface area contributed by atoms with Crippen LogP contribution in [0.4, 0.5) is 22.4 Å². The summed E-state index contributed by atoms with van der Waals surface area (Å²) in [6, 6.07) is 7.40. The molecule has 2 aromatic rings. The number of hydrogen-bond donors (Lipinski definition) is 3. The molecule has 2 aliphatic rings. The molecule has 2 fully saturated rings. The number of benzene rings is 1. The Morgan fingerprint density at radius 3 is 2.41 bits per heavy atom. The number of amides is 2. The molecule has 0 radical (unpaired) electrons. The molecule has 2 amide bonds. The minimum atomic E-state index is -0.259. The van der Waals surface area contributed by atoms with E-state index >= 15 is 0 Å². The van der Waals surface area contributed by atoms with Crippen molar-refractivity contribution >= 4 is 23.6 Å². The first-order chi connectivity index (χ1) is 14.0. The predicted octanol–water partition coefficient (Wildman–Crippen LogP) is 2.48. The van der Waals surface area contributed by atoms with Gasteiger partial charge in [-0.15, -0.1) is 0 Å². The lowest BCUT2D eigenvalue weighted by Crippen LogP contribution is -2.43. The summed E-state index contributed by atoms with van der Waals surface area (Å²) in [5, 5.41) is 8.58. The van der Waals surface area contributed by atoms with E-state index in [0.717, 1.165) is 31.5 Å². The molecule has 2 bridgehead atoms. The van der Waals surface area contributed by atoms with Gasteiger partial charge in [-0.25, -0.2) is 4.79 Å². The molecular formula is C20H27N7O2.